The molecule has 0 fully saturated rings. The second kappa shape index (κ2) is 8.76. The van der Waals surface area contributed by atoms with Gasteiger partial charge in [0.25, 0.3) is 0 Å². The zero-order valence-electron chi connectivity index (χ0n) is 13.5. The van der Waals surface area contributed by atoms with Crippen molar-refractivity contribution in [3.05, 3.63) is 30.6 Å². The number of halogens is 10. The molecule has 0 aliphatic heterocycles. The number of pyridine rings is 1. The number of hydrogen-bond acceptors (Lipinski definition) is 2. The van der Waals surface area contributed by atoms with Gasteiger partial charge < -0.3 is 9.46 Å². The highest BCUT2D eigenvalue weighted by molar-refractivity contribution is 7.59. The Morgan fingerprint density at radius 2 is 1.19 bits per heavy atom. The Balaban J connectivity index is 0.000000569. The standard InChI is InChI=1S/C9H14N.C4HF10O2P/c1-2-3-7-10-8-5-4-6-9-10;5-1(6,7)3(11,12)17(15,16)4(13,14)2(8,9)10/h4-6,8-9H,2-3,7H2,1H3;(H,15,16)/q+1;/p-1. The molecule has 0 aliphatic rings. The van der Waals surface area contributed by atoms with Gasteiger partial charge in [0.15, 0.2) is 19.8 Å². The van der Waals surface area contributed by atoms with Gasteiger partial charge in [0.1, 0.15) is 6.54 Å². The van der Waals surface area contributed by atoms with Crippen LogP contribution in [0.4, 0.5) is 43.9 Å². The number of alkyl halides is 10. The molecule has 1 rings (SSSR count). The third-order valence-electron chi connectivity index (χ3n) is 2.97. The van der Waals surface area contributed by atoms with Crippen molar-refractivity contribution in [3.8, 4) is 0 Å². The average Bonchev–Trinajstić information content (AvgIpc) is 2.52. The van der Waals surface area contributed by atoms with Crippen LogP contribution in [-0.2, 0) is 11.1 Å². The predicted molar refractivity (Wildman–Crippen MR) is 71.2 cm³/mol. The number of hydrogen-bond donors (Lipinski definition) is 0. The number of rotatable bonds is 5. The van der Waals surface area contributed by atoms with E-state index < -0.39 is 31.0 Å². The van der Waals surface area contributed by atoms with Crippen LogP contribution in [0.1, 0.15) is 19.8 Å². The molecule has 14 heteroatoms. The molecule has 1 aromatic heterocycles. The first-order valence-corrected chi connectivity index (χ1v) is 8.70. The summed E-state index contributed by atoms with van der Waals surface area (Å²) in [4.78, 5) is 10.1. The first kappa shape index (κ1) is 25.6. The van der Waals surface area contributed by atoms with Crippen molar-refractivity contribution < 1.29 is 57.9 Å². The molecule has 0 atom stereocenters. The van der Waals surface area contributed by atoms with Gasteiger partial charge in [0, 0.05) is 18.6 Å². The first-order valence-electron chi connectivity index (χ1n) is 7.08. The highest BCUT2D eigenvalue weighted by Crippen LogP contribution is 2.72. The summed E-state index contributed by atoms with van der Waals surface area (Å²) >= 11 is 0. The van der Waals surface area contributed by atoms with Crippen molar-refractivity contribution in [2.75, 3.05) is 0 Å². The van der Waals surface area contributed by atoms with Gasteiger partial charge in [0.05, 0.1) is 0 Å². The van der Waals surface area contributed by atoms with Gasteiger partial charge in [-0.25, -0.2) is 4.57 Å². The van der Waals surface area contributed by atoms with Crippen molar-refractivity contribution in [2.24, 2.45) is 0 Å². The number of nitrogens with zero attached hydrogens (tertiary/aromatic N) is 1. The van der Waals surface area contributed by atoms with Crippen LogP contribution in [-0.4, -0.2) is 23.7 Å². The largest absolute Gasteiger partial charge is 0.790 e. The van der Waals surface area contributed by atoms with E-state index in [0.29, 0.717) is 0 Å². The zero-order valence-corrected chi connectivity index (χ0v) is 14.4. The molecule has 1 aromatic rings. The number of aryl methyl sites for hydroxylation is 1. The zero-order chi connectivity index (χ0) is 21.7. The molecule has 0 unspecified atom stereocenters. The fraction of sp³-hybridized carbons (Fsp3) is 0.615. The minimum atomic E-state index is -8.51. The number of aromatic nitrogens is 1. The summed E-state index contributed by atoms with van der Waals surface area (Å²) < 4.78 is 129. The fourth-order valence-electron chi connectivity index (χ4n) is 1.43. The molecule has 0 saturated carbocycles. The average molecular weight is 437 g/mol. The van der Waals surface area contributed by atoms with E-state index in [1.165, 1.54) is 12.8 Å². The van der Waals surface area contributed by atoms with Gasteiger partial charge in [-0.05, 0) is 0 Å². The SMILES string of the molecule is CCCC[n+]1ccccc1.O=P([O-])(C(F)(F)C(F)(F)F)C(F)(F)C(F)(F)F. The monoisotopic (exact) mass is 437 g/mol. The molecule has 0 amide bonds. The minimum absolute atomic E-state index is 1.15. The topological polar surface area (TPSA) is 44.0 Å². The van der Waals surface area contributed by atoms with E-state index in [-0.39, 0.29) is 0 Å². The maximum Gasteiger partial charge on any atom is 0.459 e. The molecule has 0 bridgehead atoms. The van der Waals surface area contributed by atoms with Crippen molar-refractivity contribution >= 4 is 7.37 Å². The quantitative estimate of drug-likeness (QED) is 0.381. The Bertz CT molecular complexity index is 600. The maximum absolute atomic E-state index is 12.1. The summed E-state index contributed by atoms with van der Waals surface area (Å²) in [6, 6.07) is 6.17. The van der Waals surface area contributed by atoms with E-state index >= 15 is 0 Å². The van der Waals surface area contributed by atoms with Crippen LogP contribution in [0.15, 0.2) is 30.6 Å². The molecule has 27 heavy (non-hydrogen) atoms. The van der Waals surface area contributed by atoms with Crippen LogP contribution in [0.2, 0.25) is 0 Å². The van der Waals surface area contributed by atoms with Crippen LogP contribution < -0.4 is 9.46 Å². The van der Waals surface area contributed by atoms with Gasteiger partial charge >= 0.3 is 23.7 Å². The van der Waals surface area contributed by atoms with Crippen LogP contribution in [0.5, 0.6) is 0 Å². The molecule has 158 valence electrons. The molecule has 0 aliphatic carbocycles. The van der Waals surface area contributed by atoms with Gasteiger partial charge in [-0.3, -0.25) is 0 Å². The van der Waals surface area contributed by atoms with Gasteiger partial charge in [-0.1, -0.05) is 19.4 Å². The second-order valence-electron chi connectivity index (χ2n) is 5.10. The minimum Gasteiger partial charge on any atom is -0.790 e. The summed E-state index contributed by atoms with van der Waals surface area (Å²) in [7, 11) is -8.51. The Morgan fingerprint density at radius 1 is 0.815 bits per heavy atom. The Hall–Kier alpha value is -1.36. The lowest BCUT2D eigenvalue weighted by atomic mass is 10.3. The highest BCUT2D eigenvalue weighted by atomic mass is 31.2. The first-order chi connectivity index (χ1) is 11.9. The maximum atomic E-state index is 12.1. The van der Waals surface area contributed by atoms with E-state index in [0.717, 1.165) is 6.54 Å². The van der Waals surface area contributed by atoms with E-state index in [2.05, 4.69) is 36.0 Å². The molecule has 0 aromatic carbocycles. The molecule has 1 heterocycles. The normalized spacial score (nSPS) is 13.8. The third-order valence-corrected chi connectivity index (χ3v) is 4.95. The lowest BCUT2D eigenvalue weighted by Crippen LogP contribution is -2.50. The van der Waals surface area contributed by atoms with Gasteiger partial charge in [-0.15, -0.1) is 0 Å². The van der Waals surface area contributed by atoms with E-state index in [9.17, 15) is 53.4 Å². The summed E-state index contributed by atoms with van der Waals surface area (Å²) in [5.74, 6) is 0. The summed E-state index contributed by atoms with van der Waals surface area (Å²) in [5, 5.41) is 0. The lowest BCUT2D eigenvalue weighted by molar-refractivity contribution is -0.697. The predicted octanol–water partition coefficient (Wildman–Crippen LogP) is 4.71. The second-order valence-corrected chi connectivity index (χ2v) is 7.32. The molecule has 0 saturated heterocycles. The summed E-state index contributed by atoms with van der Waals surface area (Å²) in [5.41, 5.74) is -14.4. The number of unbranched alkanes of at least 4 members (excludes halogenated alkanes) is 1. The molecular formula is C13H14F10NO2P. The fourth-order valence-corrected chi connectivity index (χ4v) is 2.45. The smallest absolute Gasteiger partial charge is 0.459 e. The highest BCUT2D eigenvalue weighted by Gasteiger charge is 2.78. The lowest BCUT2D eigenvalue weighted by Gasteiger charge is -2.38. The molecule has 0 spiro atoms. The molecule has 0 N–H and O–H groups in total. The third kappa shape index (κ3) is 5.81. The molecular weight excluding hydrogens is 423 g/mol. The van der Waals surface area contributed by atoms with Crippen molar-refractivity contribution in [2.45, 2.75) is 50.0 Å². The molecule has 3 nitrogen and oxygen atoms in total. The van der Waals surface area contributed by atoms with E-state index in [1.54, 1.807) is 0 Å². The van der Waals surface area contributed by atoms with Crippen LogP contribution in [0.3, 0.4) is 0 Å². The van der Waals surface area contributed by atoms with Crippen molar-refractivity contribution in [3.63, 3.8) is 0 Å². The summed E-state index contributed by atoms with van der Waals surface area (Å²) in [6.07, 6.45) is -7.42. The Kier molecular flexibility index (Phi) is 8.32. The van der Waals surface area contributed by atoms with E-state index in [4.69, 9.17) is 0 Å². The van der Waals surface area contributed by atoms with Crippen molar-refractivity contribution in [1.29, 1.82) is 0 Å². The summed E-state index contributed by atoms with van der Waals surface area (Å²) in [6.45, 7) is 3.36. The van der Waals surface area contributed by atoms with Crippen molar-refractivity contribution in [1.82, 2.24) is 0 Å². The van der Waals surface area contributed by atoms with Gasteiger partial charge in [-0.2, -0.15) is 43.9 Å². The van der Waals surface area contributed by atoms with E-state index in [1.807, 2.05) is 6.07 Å². The van der Waals surface area contributed by atoms with Crippen LogP contribution in [0, 0.1) is 0 Å². The Labute approximate surface area is 147 Å². The van der Waals surface area contributed by atoms with Gasteiger partial charge in [0.2, 0.25) is 0 Å². The molecule has 0 radical (unpaired) electrons. The Morgan fingerprint density at radius 3 is 1.48 bits per heavy atom. The van der Waals surface area contributed by atoms with Crippen LogP contribution in [0.25, 0.3) is 0 Å². The van der Waals surface area contributed by atoms with Crippen LogP contribution >= 0.6 is 7.37 Å².